The van der Waals surface area contributed by atoms with Gasteiger partial charge in [-0.25, -0.2) is 0 Å². The van der Waals surface area contributed by atoms with E-state index in [1.807, 2.05) is 0 Å². The molecule has 5 nitrogen and oxygen atoms in total. The van der Waals surface area contributed by atoms with Crippen LogP contribution in [0, 0.1) is 0 Å². The molecule has 0 aromatic heterocycles. The molecule has 0 saturated heterocycles. The summed E-state index contributed by atoms with van der Waals surface area (Å²) >= 11 is 0. The summed E-state index contributed by atoms with van der Waals surface area (Å²) in [6, 6.07) is 0. The molecule has 0 unspecified atom stereocenters. The molecular formula is C9H16N2O3. The van der Waals surface area contributed by atoms with Gasteiger partial charge in [0.15, 0.2) is 0 Å². The highest BCUT2D eigenvalue weighted by atomic mass is 16.4. The third-order valence-electron chi connectivity index (χ3n) is 2.58. The standard InChI is InChI=1S/C9H16N2O3/c10-5-2-7(12)11-9(3-1-4-9)6-8(13)14/h1-6,10H2,(H,11,12)(H,13,14). The molecule has 0 spiro atoms. The highest BCUT2D eigenvalue weighted by molar-refractivity contribution is 5.78. The molecule has 1 aliphatic carbocycles. The summed E-state index contributed by atoms with van der Waals surface area (Å²) < 4.78 is 0. The number of carboxylic acids is 1. The minimum atomic E-state index is -0.863. The van der Waals surface area contributed by atoms with Crippen LogP contribution in [-0.4, -0.2) is 29.1 Å². The lowest BCUT2D eigenvalue weighted by molar-refractivity contribution is -0.140. The SMILES string of the molecule is NCCC(=O)NC1(CC(=O)O)CCC1. The molecule has 0 aliphatic heterocycles. The Morgan fingerprint density at radius 2 is 2.07 bits per heavy atom. The monoisotopic (exact) mass is 200 g/mol. The summed E-state index contributed by atoms with van der Waals surface area (Å²) in [6.45, 7) is 0.301. The van der Waals surface area contributed by atoms with Crippen molar-refractivity contribution in [3.8, 4) is 0 Å². The van der Waals surface area contributed by atoms with Gasteiger partial charge >= 0.3 is 5.97 Å². The molecule has 0 bridgehead atoms. The maximum absolute atomic E-state index is 11.2. The molecule has 1 amide bonds. The van der Waals surface area contributed by atoms with E-state index in [1.54, 1.807) is 0 Å². The zero-order valence-electron chi connectivity index (χ0n) is 8.08. The molecule has 80 valence electrons. The van der Waals surface area contributed by atoms with Crippen LogP contribution in [0.25, 0.3) is 0 Å². The van der Waals surface area contributed by atoms with Gasteiger partial charge in [-0.3, -0.25) is 9.59 Å². The number of amides is 1. The first-order chi connectivity index (χ1) is 6.58. The number of aliphatic carboxylic acids is 1. The van der Waals surface area contributed by atoms with Gasteiger partial charge in [0, 0.05) is 13.0 Å². The van der Waals surface area contributed by atoms with E-state index in [0.717, 1.165) is 19.3 Å². The second kappa shape index (κ2) is 4.41. The number of carbonyl (C=O) groups is 2. The average Bonchev–Trinajstić information content (AvgIpc) is 1.99. The van der Waals surface area contributed by atoms with Crippen LogP contribution in [0.2, 0.25) is 0 Å². The van der Waals surface area contributed by atoms with Crippen LogP contribution >= 0.6 is 0 Å². The first-order valence-electron chi connectivity index (χ1n) is 4.81. The van der Waals surface area contributed by atoms with E-state index in [4.69, 9.17) is 10.8 Å². The van der Waals surface area contributed by atoms with Gasteiger partial charge in [0.1, 0.15) is 0 Å². The van der Waals surface area contributed by atoms with Crippen LogP contribution < -0.4 is 11.1 Å². The van der Waals surface area contributed by atoms with Crippen molar-refractivity contribution in [2.24, 2.45) is 5.73 Å². The van der Waals surface area contributed by atoms with E-state index in [0.29, 0.717) is 6.54 Å². The Morgan fingerprint density at radius 1 is 1.43 bits per heavy atom. The maximum Gasteiger partial charge on any atom is 0.305 e. The van der Waals surface area contributed by atoms with Crippen molar-refractivity contribution < 1.29 is 14.7 Å². The van der Waals surface area contributed by atoms with E-state index in [1.165, 1.54) is 0 Å². The average molecular weight is 200 g/mol. The van der Waals surface area contributed by atoms with Crippen LogP contribution in [0.3, 0.4) is 0 Å². The predicted molar refractivity (Wildman–Crippen MR) is 50.6 cm³/mol. The molecule has 1 saturated carbocycles. The fraction of sp³-hybridized carbons (Fsp3) is 0.778. The number of hydrogen-bond acceptors (Lipinski definition) is 3. The number of rotatable bonds is 5. The molecule has 0 heterocycles. The highest BCUT2D eigenvalue weighted by Gasteiger charge is 2.39. The van der Waals surface area contributed by atoms with E-state index < -0.39 is 11.5 Å². The van der Waals surface area contributed by atoms with Gasteiger partial charge in [-0.15, -0.1) is 0 Å². The first-order valence-corrected chi connectivity index (χ1v) is 4.81. The van der Waals surface area contributed by atoms with Crippen molar-refractivity contribution >= 4 is 11.9 Å². The summed E-state index contributed by atoms with van der Waals surface area (Å²) in [5, 5.41) is 11.4. The Morgan fingerprint density at radius 3 is 2.43 bits per heavy atom. The molecule has 0 radical (unpaired) electrons. The van der Waals surface area contributed by atoms with Crippen molar-refractivity contribution in [2.75, 3.05) is 6.54 Å². The lowest BCUT2D eigenvalue weighted by Crippen LogP contribution is -2.54. The second-order valence-electron chi connectivity index (χ2n) is 3.79. The van der Waals surface area contributed by atoms with Gasteiger partial charge in [0.25, 0.3) is 0 Å². The Hall–Kier alpha value is -1.10. The molecule has 0 atom stereocenters. The minimum Gasteiger partial charge on any atom is -0.481 e. The number of nitrogens with two attached hydrogens (primary N) is 1. The Bertz CT molecular complexity index is 236. The molecule has 1 aliphatic rings. The van der Waals surface area contributed by atoms with E-state index in [-0.39, 0.29) is 18.7 Å². The molecule has 4 N–H and O–H groups in total. The van der Waals surface area contributed by atoms with Crippen LogP contribution in [0.1, 0.15) is 32.1 Å². The maximum atomic E-state index is 11.2. The van der Waals surface area contributed by atoms with Gasteiger partial charge in [0.05, 0.1) is 12.0 Å². The number of nitrogens with one attached hydrogen (secondary N) is 1. The van der Waals surface area contributed by atoms with Crippen LogP contribution in [0.5, 0.6) is 0 Å². The quantitative estimate of drug-likeness (QED) is 0.575. The third-order valence-corrected chi connectivity index (χ3v) is 2.58. The predicted octanol–water partition coefficient (Wildman–Crippen LogP) is -0.151. The fourth-order valence-corrected chi connectivity index (χ4v) is 1.73. The van der Waals surface area contributed by atoms with E-state index >= 15 is 0 Å². The molecule has 1 rings (SSSR count). The molecule has 14 heavy (non-hydrogen) atoms. The largest absolute Gasteiger partial charge is 0.481 e. The van der Waals surface area contributed by atoms with Gasteiger partial charge in [-0.05, 0) is 19.3 Å². The van der Waals surface area contributed by atoms with Crippen molar-refractivity contribution in [3.63, 3.8) is 0 Å². The summed E-state index contributed by atoms with van der Waals surface area (Å²) in [6.07, 6.45) is 2.78. The lowest BCUT2D eigenvalue weighted by Gasteiger charge is -2.41. The van der Waals surface area contributed by atoms with Gasteiger partial charge < -0.3 is 16.2 Å². The Labute approximate surface area is 82.7 Å². The van der Waals surface area contributed by atoms with Crippen LogP contribution in [0.15, 0.2) is 0 Å². The second-order valence-corrected chi connectivity index (χ2v) is 3.79. The van der Waals surface area contributed by atoms with Gasteiger partial charge in [-0.1, -0.05) is 0 Å². The molecule has 1 fully saturated rings. The van der Waals surface area contributed by atoms with Crippen molar-refractivity contribution in [1.29, 1.82) is 0 Å². The van der Waals surface area contributed by atoms with Crippen LogP contribution in [-0.2, 0) is 9.59 Å². The number of carboxylic acid groups (broad SMARTS) is 1. The summed E-state index contributed by atoms with van der Waals surface area (Å²) in [5.41, 5.74) is 4.74. The van der Waals surface area contributed by atoms with Gasteiger partial charge in [-0.2, -0.15) is 0 Å². The zero-order chi connectivity index (χ0) is 10.6. The lowest BCUT2D eigenvalue weighted by atomic mass is 9.74. The summed E-state index contributed by atoms with van der Waals surface area (Å²) in [5.74, 6) is -1.01. The smallest absolute Gasteiger partial charge is 0.305 e. The zero-order valence-corrected chi connectivity index (χ0v) is 8.08. The number of hydrogen-bond donors (Lipinski definition) is 3. The minimum absolute atomic E-state index is 0.0172. The van der Waals surface area contributed by atoms with Crippen molar-refractivity contribution in [2.45, 2.75) is 37.6 Å². The molecular weight excluding hydrogens is 184 g/mol. The van der Waals surface area contributed by atoms with E-state index in [2.05, 4.69) is 5.32 Å². The topological polar surface area (TPSA) is 92.4 Å². The van der Waals surface area contributed by atoms with Crippen molar-refractivity contribution in [3.05, 3.63) is 0 Å². The molecule has 5 heteroatoms. The van der Waals surface area contributed by atoms with Crippen LogP contribution in [0.4, 0.5) is 0 Å². The highest BCUT2D eigenvalue weighted by Crippen LogP contribution is 2.34. The summed E-state index contributed by atoms with van der Waals surface area (Å²) in [4.78, 5) is 21.8. The first kappa shape index (κ1) is 11.0. The van der Waals surface area contributed by atoms with E-state index in [9.17, 15) is 9.59 Å². The normalized spacial score (nSPS) is 18.4. The number of carbonyl (C=O) groups excluding carboxylic acids is 1. The third kappa shape index (κ3) is 2.70. The van der Waals surface area contributed by atoms with Crippen molar-refractivity contribution in [1.82, 2.24) is 5.32 Å². The Kier molecular flexibility index (Phi) is 3.46. The Balaban J connectivity index is 2.45. The summed E-state index contributed by atoms with van der Waals surface area (Å²) in [7, 11) is 0. The van der Waals surface area contributed by atoms with Gasteiger partial charge in [0.2, 0.25) is 5.91 Å². The molecule has 0 aromatic carbocycles. The molecule has 0 aromatic rings. The fourth-order valence-electron chi connectivity index (χ4n) is 1.73.